The minimum atomic E-state index is -3.17. The zero-order valence-corrected chi connectivity index (χ0v) is 14.6. The average Bonchev–Trinajstić information content (AvgIpc) is 3.12. The van der Waals surface area contributed by atoms with Gasteiger partial charge in [-0.25, -0.2) is 8.42 Å². The first-order valence-electron chi connectivity index (χ1n) is 7.94. The number of rotatable bonds is 4. The van der Waals surface area contributed by atoms with E-state index in [1.165, 1.54) is 4.31 Å². The number of H-pyrrole nitrogens is 1. The van der Waals surface area contributed by atoms with Gasteiger partial charge in [0.1, 0.15) is 0 Å². The summed E-state index contributed by atoms with van der Waals surface area (Å²) in [5, 5.41) is 2.95. The highest BCUT2D eigenvalue weighted by atomic mass is 32.2. The molecule has 2 N–H and O–H groups in total. The van der Waals surface area contributed by atoms with Crippen LogP contribution < -0.4 is 9.62 Å². The summed E-state index contributed by atoms with van der Waals surface area (Å²) in [5.41, 5.74) is 3.06. The monoisotopic (exact) mass is 347 g/mol. The van der Waals surface area contributed by atoms with E-state index in [2.05, 4.69) is 10.3 Å². The number of carbonyl (C=O) groups is 1. The van der Waals surface area contributed by atoms with E-state index in [0.717, 1.165) is 11.3 Å². The number of hydrogen-bond donors (Lipinski definition) is 2. The summed E-state index contributed by atoms with van der Waals surface area (Å²) < 4.78 is 25.4. The second-order valence-corrected chi connectivity index (χ2v) is 8.06. The topological polar surface area (TPSA) is 82.3 Å². The van der Waals surface area contributed by atoms with Crippen LogP contribution in [0.3, 0.4) is 0 Å². The third kappa shape index (κ3) is 3.17. The van der Waals surface area contributed by atoms with Gasteiger partial charge in [-0.3, -0.25) is 9.10 Å². The van der Waals surface area contributed by atoms with Gasteiger partial charge in [-0.05, 0) is 44.0 Å². The molecule has 24 heavy (non-hydrogen) atoms. The second-order valence-electron chi connectivity index (χ2n) is 6.04. The van der Waals surface area contributed by atoms with Crippen molar-refractivity contribution in [1.29, 1.82) is 0 Å². The largest absolute Gasteiger partial charge is 0.365 e. The molecule has 0 spiro atoms. The van der Waals surface area contributed by atoms with Crippen molar-refractivity contribution in [3.63, 3.8) is 0 Å². The predicted octanol–water partition coefficient (Wildman–Crippen LogP) is 2.35. The Labute approximate surface area is 141 Å². The molecule has 0 unspecified atom stereocenters. The van der Waals surface area contributed by atoms with E-state index in [4.69, 9.17) is 0 Å². The maximum absolute atomic E-state index is 12.3. The molecule has 1 atom stereocenters. The Morgan fingerprint density at radius 2 is 1.96 bits per heavy atom. The number of anilines is 1. The molecule has 2 heterocycles. The van der Waals surface area contributed by atoms with Crippen molar-refractivity contribution in [2.45, 2.75) is 26.3 Å². The van der Waals surface area contributed by atoms with Crippen LogP contribution in [0.5, 0.6) is 0 Å². The van der Waals surface area contributed by atoms with Gasteiger partial charge in [0.25, 0.3) is 5.91 Å². The first-order chi connectivity index (χ1) is 11.4. The van der Waals surface area contributed by atoms with Gasteiger partial charge in [0.05, 0.1) is 23.0 Å². The fraction of sp³-hybridized carbons (Fsp3) is 0.353. The Bertz CT molecular complexity index is 840. The van der Waals surface area contributed by atoms with E-state index in [1.807, 2.05) is 26.0 Å². The number of aromatic nitrogens is 1. The van der Waals surface area contributed by atoms with Gasteiger partial charge in [0, 0.05) is 18.4 Å². The standard InChI is InChI=1S/C17H21N3O3S/c1-12(19-17(21)16-8-9-18-13(16)2)14-4-6-15(7-5-14)20-10-3-11-24(20,22)23/h4-9,12,18H,3,10-11H2,1-2H3,(H,19,21)/t12-/m1/s1. The fourth-order valence-corrected chi connectivity index (χ4v) is 4.48. The van der Waals surface area contributed by atoms with Crippen LogP contribution >= 0.6 is 0 Å². The molecule has 0 saturated carbocycles. The number of nitrogens with zero attached hydrogens (tertiary/aromatic N) is 1. The number of sulfonamides is 1. The van der Waals surface area contributed by atoms with E-state index < -0.39 is 10.0 Å². The second kappa shape index (κ2) is 6.32. The molecule has 1 aromatic carbocycles. The Kier molecular flexibility index (Phi) is 4.36. The van der Waals surface area contributed by atoms with Crippen LogP contribution in [0.25, 0.3) is 0 Å². The van der Waals surface area contributed by atoms with Crippen LogP contribution in [0, 0.1) is 6.92 Å². The Hall–Kier alpha value is -2.28. The summed E-state index contributed by atoms with van der Waals surface area (Å²) in [4.78, 5) is 15.2. The van der Waals surface area contributed by atoms with Gasteiger partial charge >= 0.3 is 0 Å². The molecular weight excluding hydrogens is 326 g/mol. The van der Waals surface area contributed by atoms with Crippen LogP contribution in [0.1, 0.15) is 41.0 Å². The normalized spacial score (nSPS) is 17.7. The molecule has 1 fully saturated rings. The zero-order chi connectivity index (χ0) is 17.3. The molecule has 1 aliphatic rings. The lowest BCUT2D eigenvalue weighted by Crippen LogP contribution is -2.27. The summed E-state index contributed by atoms with van der Waals surface area (Å²) in [6.45, 7) is 4.28. The maximum atomic E-state index is 12.3. The molecule has 1 saturated heterocycles. The number of aromatic amines is 1. The van der Waals surface area contributed by atoms with Gasteiger partial charge < -0.3 is 10.3 Å². The number of benzene rings is 1. The molecule has 128 valence electrons. The predicted molar refractivity (Wildman–Crippen MR) is 93.6 cm³/mol. The number of carbonyl (C=O) groups excluding carboxylic acids is 1. The van der Waals surface area contributed by atoms with Crippen LogP contribution in [-0.2, 0) is 10.0 Å². The van der Waals surface area contributed by atoms with Gasteiger partial charge in [-0.2, -0.15) is 0 Å². The molecule has 6 nitrogen and oxygen atoms in total. The highest BCUT2D eigenvalue weighted by Crippen LogP contribution is 2.25. The highest BCUT2D eigenvalue weighted by Gasteiger charge is 2.28. The Balaban J connectivity index is 1.71. The SMILES string of the molecule is Cc1[nH]ccc1C(=O)N[C@H](C)c1ccc(N2CCCS2(=O)=O)cc1. The van der Waals surface area contributed by atoms with Gasteiger partial charge in [-0.15, -0.1) is 0 Å². The lowest BCUT2D eigenvalue weighted by Gasteiger charge is -2.19. The first-order valence-corrected chi connectivity index (χ1v) is 9.54. The molecular formula is C17H21N3O3S. The van der Waals surface area contributed by atoms with Crippen LogP contribution in [0.4, 0.5) is 5.69 Å². The minimum Gasteiger partial charge on any atom is -0.365 e. The lowest BCUT2D eigenvalue weighted by molar-refractivity contribution is 0.0939. The summed E-state index contributed by atoms with van der Waals surface area (Å²) >= 11 is 0. The van der Waals surface area contributed by atoms with Crippen molar-refractivity contribution in [2.24, 2.45) is 0 Å². The lowest BCUT2D eigenvalue weighted by atomic mass is 10.1. The Morgan fingerprint density at radius 3 is 2.50 bits per heavy atom. The van der Waals surface area contributed by atoms with Crippen molar-refractivity contribution < 1.29 is 13.2 Å². The summed E-state index contributed by atoms with van der Waals surface area (Å²) in [7, 11) is -3.17. The molecule has 0 bridgehead atoms. The van der Waals surface area contributed by atoms with E-state index in [9.17, 15) is 13.2 Å². The summed E-state index contributed by atoms with van der Waals surface area (Å²) in [6, 6.07) is 8.88. The quantitative estimate of drug-likeness (QED) is 0.891. The molecule has 1 aliphatic heterocycles. The summed E-state index contributed by atoms with van der Waals surface area (Å²) in [6.07, 6.45) is 2.40. The van der Waals surface area contributed by atoms with Crippen molar-refractivity contribution in [1.82, 2.24) is 10.3 Å². The van der Waals surface area contributed by atoms with Gasteiger partial charge in [0.15, 0.2) is 0 Å². The van der Waals surface area contributed by atoms with Crippen molar-refractivity contribution >= 4 is 21.6 Å². The molecule has 7 heteroatoms. The molecule has 2 aromatic rings. The number of nitrogens with one attached hydrogen (secondary N) is 2. The van der Waals surface area contributed by atoms with Gasteiger partial charge in [-0.1, -0.05) is 12.1 Å². The Morgan fingerprint density at radius 1 is 1.25 bits per heavy atom. The number of hydrogen-bond acceptors (Lipinski definition) is 3. The van der Waals surface area contributed by atoms with Crippen molar-refractivity contribution in [2.75, 3.05) is 16.6 Å². The third-order valence-electron chi connectivity index (χ3n) is 4.33. The number of aryl methyl sites for hydroxylation is 1. The maximum Gasteiger partial charge on any atom is 0.253 e. The van der Waals surface area contributed by atoms with Crippen molar-refractivity contribution in [3.05, 3.63) is 53.3 Å². The smallest absolute Gasteiger partial charge is 0.253 e. The van der Waals surface area contributed by atoms with Crippen LogP contribution in [-0.4, -0.2) is 31.6 Å². The fourth-order valence-electron chi connectivity index (χ4n) is 2.92. The van der Waals surface area contributed by atoms with E-state index in [0.29, 0.717) is 24.2 Å². The van der Waals surface area contributed by atoms with Crippen molar-refractivity contribution in [3.8, 4) is 0 Å². The molecule has 0 radical (unpaired) electrons. The van der Waals surface area contributed by atoms with Crippen LogP contribution in [0.15, 0.2) is 36.5 Å². The van der Waals surface area contributed by atoms with E-state index in [1.54, 1.807) is 24.4 Å². The molecule has 0 aliphatic carbocycles. The zero-order valence-electron chi connectivity index (χ0n) is 13.7. The average molecular weight is 347 g/mol. The minimum absolute atomic E-state index is 0.132. The number of amides is 1. The highest BCUT2D eigenvalue weighted by molar-refractivity contribution is 7.93. The molecule has 1 amide bonds. The third-order valence-corrected chi connectivity index (χ3v) is 6.20. The van der Waals surface area contributed by atoms with Gasteiger partial charge in [0.2, 0.25) is 10.0 Å². The first kappa shape index (κ1) is 16.6. The molecule has 3 rings (SSSR count). The van der Waals surface area contributed by atoms with E-state index >= 15 is 0 Å². The van der Waals surface area contributed by atoms with Crippen LogP contribution in [0.2, 0.25) is 0 Å². The summed E-state index contributed by atoms with van der Waals surface area (Å²) in [5.74, 6) is 0.0736. The van der Waals surface area contributed by atoms with E-state index in [-0.39, 0.29) is 17.7 Å². The molecule has 1 aromatic heterocycles.